The van der Waals surface area contributed by atoms with E-state index in [4.69, 9.17) is 5.11 Å². The van der Waals surface area contributed by atoms with Gasteiger partial charge in [0.2, 0.25) is 5.91 Å². The molecular formula is C22H25N3O4. The van der Waals surface area contributed by atoms with Gasteiger partial charge in [0.15, 0.2) is 0 Å². The molecule has 1 atom stereocenters. The number of carbonyl (C=O) groups is 2. The first kappa shape index (κ1) is 20.4. The summed E-state index contributed by atoms with van der Waals surface area (Å²) in [6.07, 6.45) is 2.77. The molecule has 7 nitrogen and oxygen atoms in total. The van der Waals surface area contributed by atoms with Crippen molar-refractivity contribution < 1.29 is 14.7 Å². The number of hydrogen-bond donors (Lipinski definition) is 4. The van der Waals surface area contributed by atoms with E-state index in [9.17, 15) is 14.4 Å². The molecule has 4 N–H and O–H groups in total. The van der Waals surface area contributed by atoms with Crippen LogP contribution in [0.15, 0.2) is 53.3 Å². The molecule has 3 aromatic rings. The van der Waals surface area contributed by atoms with Gasteiger partial charge in [-0.1, -0.05) is 36.4 Å². The Morgan fingerprint density at radius 3 is 2.48 bits per heavy atom. The summed E-state index contributed by atoms with van der Waals surface area (Å²) in [5, 5.41) is 12.0. The van der Waals surface area contributed by atoms with Gasteiger partial charge in [0, 0.05) is 18.9 Å². The fraction of sp³-hybridized carbons (Fsp3) is 0.318. The Balaban J connectivity index is 1.51. The average Bonchev–Trinajstić information content (AvgIpc) is 3.06. The minimum absolute atomic E-state index is 0.0205. The van der Waals surface area contributed by atoms with Crippen molar-refractivity contribution in [1.82, 2.24) is 15.3 Å². The lowest BCUT2D eigenvalue weighted by molar-refractivity contribution is -0.137. The minimum Gasteiger partial charge on any atom is -0.481 e. The highest BCUT2D eigenvalue weighted by atomic mass is 16.4. The summed E-state index contributed by atoms with van der Waals surface area (Å²) < 4.78 is 0. The van der Waals surface area contributed by atoms with Gasteiger partial charge in [-0.05, 0) is 48.9 Å². The third-order valence-corrected chi connectivity index (χ3v) is 4.85. The number of H-pyrrole nitrogens is 2. The van der Waals surface area contributed by atoms with E-state index in [1.54, 1.807) is 0 Å². The van der Waals surface area contributed by atoms with Gasteiger partial charge in [-0.3, -0.25) is 9.59 Å². The van der Waals surface area contributed by atoms with Gasteiger partial charge in [0.1, 0.15) is 0 Å². The number of fused-ring (bicyclic) bond motifs is 1. The molecule has 1 unspecified atom stereocenters. The summed E-state index contributed by atoms with van der Waals surface area (Å²) in [6.45, 7) is 0. The average molecular weight is 395 g/mol. The van der Waals surface area contributed by atoms with Gasteiger partial charge in [-0.25, -0.2) is 4.79 Å². The number of hydrogen-bond acceptors (Lipinski definition) is 3. The minimum atomic E-state index is -0.865. The molecule has 0 radical (unpaired) electrons. The Labute approximate surface area is 168 Å². The van der Waals surface area contributed by atoms with Gasteiger partial charge in [-0.15, -0.1) is 0 Å². The first-order chi connectivity index (χ1) is 14.0. The van der Waals surface area contributed by atoms with Crippen molar-refractivity contribution in [2.45, 2.75) is 44.6 Å². The molecule has 0 aliphatic rings. The fourth-order valence-corrected chi connectivity index (χ4v) is 3.41. The van der Waals surface area contributed by atoms with E-state index < -0.39 is 5.97 Å². The van der Waals surface area contributed by atoms with E-state index >= 15 is 0 Å². The molecule has 1 amide bonds. The van der Waals surface area contributed by atoms with Crippen LogP contribution in [0, 0.1) is 0 Å². The maximum Gasteiger partial charge on any atom is 0.323 e. The molecule has 1 aromatic heterocycles. The number of aryl methyl sites for hydroxylation is 1. The predicted molar refractivity (Wildman–Crippen MR) is 111 cm³/mol. The van der Waals surface area contributed by atoms with Crippen LogP contribution in [0.4, 0.5) is 0 Å². The van der Waals surface area contributed by atoms with Crippen LogP contribution in [0.25, 0.3) is 11.0 Å². The highest BCUT2D eigenvalue weighted by Gasteiger charge is 2.15. The lowest BCUT2D eigenvalue weighted by atomic mass is 10.0. The lowest BCUT2D eigenvalue weighted by Gasteiger charge is -2.18. The summed E-state index contributed by atoms with van der Waals surface area (Å²) >= 11 is 0. The van der Waals surface area contributed by atoms with Crippen molar-refractivity contribution in [2.75, 3.05) is 0 Å². The van der Waals surface area contributed by atoms with E-state index in [0.717, 1.165) is 28.6 Å². The van der Waals surface area contributed by atoms with Crippen molar-refractivity contribution in [3.63, 3.8) is 0 Å². The molecule has 1 heterocycles. The summed E-state index contributed by atoms with van der Waals surface area (Å²) in [4.78, 5) is 40.1. The van der Waals surface area contributed by atoms with E-state index in [2.05, 4.69) is 15.3 Å². The number of rotatable bonds is 10. The highest BCUT2D eigenvalue weighted by molar-refractivity contribution is 5.77. The summed E-state index contributed by atoms with van der Waals surface area (Å²) in [5.41, 5.74) is 3.40. The Morgan fingerprint density at radius 1 is 0.966 bits per heavy atom. The number of aliphatic carboxylic acids is 1. The summed E-state index contributed by atoms with van der Waals surface area (Å²) in [6, 6.07) is 15.2. The Kier molecular flexibility index (Phi) is 6.84. The fourth-order valence-electron chi connectivity index (χ4n) is 3.41. The summed E-state index contributed by atoms with van der Waals surface area (Å²) in [7, 11) is 0. The summed E-state index contributed by atoms with van der Waals surface area (Å²) in [5.74, 6) is -0.942. The lowest BCUT2D eigenvalue weighted by Crippen LogP contribution is -2.36. The third kappa shape index (κ3) is 6.34. The molecule has 0 fully saturated rings. The van der Waals surface area contributed by atoms with Gasteiger partial charge >= 0.3 is 11.7 Å². The predicted octanol–water partition coefficient (Wildman–Crippen LogP) is 2.77. The maximum absolute atomic E-state index is 12.4. The monoisotopic (exact) mass is 395 g/mol. The van der Waals surface area contributed by atoms with Crippen LogP contribution in [0.2, 0.25) is 0 Å². The van der Waals surface area contributed by atoms with Gasteiger partial charge in [0.25, 0.3) is 0 Å². The van der Waals surface area contributed by atoms with E-state index in [-0.39, 0.29) is 24.1 Å². The second-order valence-corrected chi connectivity index (χ2v) is 7.20. The number of benzene rings is 2. The van der Waals surface area contributed by atoms with E-state index in [1.165, 1.54) is 0 Å². The molecule has 2 aromatic carbocycles. The quantitative estimate of drug-likeness (QED) is 0.422. The number of aromatic nitrogens is 2. The van der Waals surface area contributed by atoms with Crippen LogP contribution in [0.3, 0.4) is 0 Å². The van der Waals surface area contributed by atoms with Gasteiger partial charge < -0.3 is 20.4 Å². The molecule has 29 heavy (non-hydrogen) atoms. The molecule has 7 heteroatoms. The number of amides is 1. The number of carboxylic acids is 1. The Bertz CT molecular complexity index is 1020. The number of imidazole rings is 1. The van der Waals surface area contributed by atoms with E-state index in [0.29, 0.717) is 25.7 Å². The highest BCUT2D eigenvalue weighted by Crippen LogP contribution is 2.13. The van der Waals surface area contributed by atoms with Crippen LogP contribution in [0.1, 0.15) is 36.8 Å². The van der Waals surface area contributed by atoms with Crippen LogP contribution in [-0.4, -0.2) is 33.0 Å². The van der Waals surface area contributed by atoms with Gasteiger partial charge in [0.05, 0.1) is 11.0 Å². The topological polar surface area (TPSA) is 115 Å². The molecule has 0 aliphatic heterocycles. The largest absolute Gasteiger partial charge is 0.481 e. The molecule has 0 saturated heterocycles. The van der Waals surface area contributed by atoms with Crippen LogP contribution in [-0.2, 0) is 22.4 Å². The standard InChI is InChI=1S/C22H25N3O4/c26-20(8-4-7-16-9-11-18-19(14-16)25-22(29)24-18)23-17(10-12-21(27)28)13-15-5-2-1-3-6-15/h1-3,5-6,9,11,14,17H,4,7-8,10,12-13H2,(H,23,26)(H,27,28)(H2,24,25,29). The van der Waals surface area contributed by atoms with Crippen molar-refractivity contribution >= 4 is 22.9 Å². The maximum atomic E-state index is 12.4. The van der Waals surface area contributed by atoms with E-state index in [1.807, 2.05) is 48.5 Å². The molecule has 0 saturated carbocycles. The molecule has 0 spiro atoms. The SMILES string of the molecule is O=C(O)CCC(Cc1ccccc1)NC(=O)CCCc1ccc2[nH]c(=O)[nH]c2c1. The third-order valence-electron chi connectivity index (χ3n) is 4.85. The van der Waals surface area contributed by atoms with Gasteiger partial charge in [-0.2, -0.15) is 0 Å². The number of carboxylic acid groups (broad SMARTS) is 1. The van der Waals surface area contributed by atoms with Crippen molar-refractivity contribution in [2.24, 2.45) is 0 Å². The smallest absolute Gasteiger partial charge is 0.323 e. The first-order valence-electron chi connectivity index (χ1n) is 9.75. The Morgan fingerprint density at radius 2 is 1.72 bits per heavy atom. The number of carbonyl (C=O) groups excluding carboxylic acids is 1. The number of nitrogens with one attached hydrogen (secondary N) is 3. The zero-order valence-electron chi connectivity index (χ0n) is 16.1. The first-order valence-corrected chi connectivity index (χ1v) is 9.75. The van der Waals surface area contributed by atoms with Crippen LogP contribution < -0.4 is 11.0 Å². The van der Waals surface area contributed by atoms with Crippen LogP contribution >= 0.6 is 0 Å². The van der Waals surface area contributed by atoms with Crippen molar-refractivity contribution in [1.29, 1.82) is 0 Å². The van der Waals surface area contributed by atoms with Crippen molar-refractivity contribution in [3.8, 4) is 0 Å². The molecule has 152 valence electrons. The van der Waals surface area contributed by atoms with Crippen LogP contribution in [0.5, 0.6) is 0 Å². The second-order valence-electron chi connectivity index (χ2n) is 7.20. The zero-order valence-corrected chi connectivity index (χ0v) is 16.1. The number of aromatic amines is 2. The second kappa shape index (κ2) is 9.73. The molecule has 0 aliphatic carbocycles. The normalized spacial score (nSPS) is 12.0. The zero-order chi connectivity index (χ0) is 20.6. The van der Waals surface area contributed by atoms with Crippen molar-refractivity contribution in [3.05, 3.63) is 70.1 Å². The Hall–Kier alpha value is -3.35. The molecule has 0 bridgehead atoms. The molecule has 3 rings (SSSR count). The molecular weight excluding hydrogens is 370 g/mol.